The Kier molecular flexibility index (Phi) is 3.98. The van der Waals surface area contributed by atoms with Gasteiger partial charge in [0.15, 0.2) is 5.82 Å². The summed E-state index contributed by atoms with van der Waals surface area (Å²) in [6, 6.07) is 0. The molecule has 1 aromatic heterocycles. The van der Waals surface area contributed by atoms with Crippen LogP contribution in [0.15, 0.2) is 17.0 Å². The number of anilines is 1. The van der Waals surface area contributed by atoms with E-state index in [4.69, 9.17) is 0 Å². The molecule has 94 valence electrons. The summed E-state index contributed by atoms with van der Waals surface area (Å²) in [7, 11) is -3.32. The summed E-state index contributed by atoms with van der Waals surface area (Å²) in [5.74, 6) is 0.277. The van der Waals surface area contributed by atoms with E-state index in [0.29, 0.717) is 4.60 Å². The van der Waals surface area contributed by atoms with E-state index in [1.54, 1.807) is 0 Å². The number of sulfonamides is 1. The van der Waals surface area contributed by atoms with Crippen LogP contribution in [0, 0.1) is 0 Å². The molecule has 2 rings (SSSR count). The Morgan fingerprint density at radius 2 is 1.88 bits per heavy atom. The van der Waals surface area contributed by atoms with Crippen LogP contribution in [0.25, 0.3) is 0 Å². The minimum absolute atomic E-state index is 0.277. The van der Waals surface area contributed by atoms with Gasteiger partial charge in [-0.1, -0.05) is 19.3 Å². The van der Waals surface area contributed by atoms with Gasteiger partial charge < -0.3 is 0 Å². The summed E-state index contributed by atoms with van der Waals surface area (Å²) in [5.41, 5.74) is 0. The van der Waals surface area contributed by atoms with Crippen molar-refractivity contribution in [2.45, 2.75) is 37.4 Å². The molecule has 0 spiro atoms. The Balaban J connectivity index is 2.08. The molecule has 0 aliphatic heterocycles. The third-order valence-corrected chi connectivity index (χ3v) is 5.11. The van der Waals surface area contributed by atoms with Crippen LogP contribution in [0.4, 0.5) is 5.82 Å². The van der Waals surface area contributed by atoms with Gasteiger partial charge in [-0.3, -0.25) is 4.72 Å². The Labute approximate surface area is 109 Å². The molecule has 1 aliphatic carbocycles. The normalized spacial score (nSPS) is 17.9. The first-order valence-corrected chi connectivity index (χ1v) is 7.91. The van der Waals surface area contributed by atoms with Gasteiger partial charge in [0.2, 0.25) is 10.0 Å². The lowest BCUT2D eigenvalue weighted by Gasteiger charge is -2.21. The monoisotopic (exact) mass is 319 g/mol. The number of hydrogen-bond donors (Lipinski definition) is 1. The maximum atomic E-state index is 12.0. The van der Waals surface area contributed by atoms with Crippen molar-refractivity contribution in [2.75, 3.05) is 4.72 Å². The second kappa shape index (κ2) is 5.30. The van der Waals surface area contributed by atoms with Crippen molar-refractivity contribution in [1.82, 2.24) is 9.97 Å². The zero-order chi connectivity index (χ0) is 12.3. The predicted molar refractivity (Wildman–Crippen MR) is 69.1 cm³/mol. The lowest BCUT2D eigenvalue weighted by molar-refractivity contribution is 0.486. The van der Waals surface area contributed by atoms with Crippen LogP contribution in [0.2, 0.25) is 0 Å². The van der Waals surface area contributed by atoms with E-state index in [0.717, 1.165) is 32.1 Å². The molecule has 0 saturated heterocycles. The van der Waals surface area contributed by atoms with E-state index in [2.05, 4.69) is 30.6 Å². The highest BCUT2D eigenvalue weighted by molar-refractivity contribution is 9.10. The lowest BCUT2D eigenvalue weighted by atomic mass is 10.0. The van der Waals surface area contributed by atoms with E-state index in [-0.39, 0.29) is 11.1 Å². The molecule has 1 aliphatic rings. The first-order valence-electron chi connectivity index (χ1n) is 5.57. The van der Waals surface area contributed by atoms with Gasteiger partial charge in [-0.05, 0) is 28.8 Å². The fraction of sp³-hybridized carbons (Fsp3) is 0.600. The van der Waals surface area contributed by atoms with Gasteiger partial charge in [0.1, 0.15) is 4.60 Å². The summed E-state index contributed by atoms with van der Waals surface area (Å²) in [6.07, 6.45) is 7.45. The van der Waals surface area contributed by atoms with Crippen molar-refractivity contribution >= 4 is 31.8 Å². The van der Waals surface area contributed by atoms with E-state index in [9.17, 15) is 8.42 Å². The van der Waals surface area contributed by atoms with Gasteiger partial charge in [-0.2, -0.15) is 0 Å². The molecule has 0 bridgehead atoms. The van der Waals surface area contributed by atoms with Gasteiger partial charge in [-0.25, -0.2) is 18.4 Å². The van der Waals surface area contributed by atoms with Crippen LogP contribution in [-0.4, -0.2) is 23.6 Å². The molecular formula is C10H14BrN3O2S. The molecule has 5 nitrogen and oxygen atoms in total. The van der Waals surface area contributed by atoms with Crippen molar-refractivity contribution in [1.29, 1.82) is 0 Å². The van der Waals surface area contributed by atoms with Crippen molar-refractivity contribution in [3.63, 3.8) is 0 Å². The summed E-state index contributed by atoms with van der Waals surface area (Å²) < 4.78 is 27.2. The van der Waals surface area contributed by atoms with Crippen LogP contribution in [0.1, 0.15) is 32.1 Å². The molecule has 7 heteroatoms. The predicted octanol–water partition coefficient (Wildman–Crippen LogP) is 2.31. The fourth-order valence-corrected chi connectivity index (χ4v) is 3.69. The first-order chi connectivity index (χ1) is 8.08. The zero-order valence-electron chi connectivity index (χ0n) is 9.26. The molecule has 1 fully saturated rings. The van der Waals surface area contributed by atoms with Crippen molar-refractivity contribution in [3.8, 4) is 0 Å². The fourth-order valence-electron chi connectivity index (χ4n) is 1.97. The van der Waals surface area contributed by atoms with Gasteiger partial charge in [0.05, 0.1) is 17.6 Å². The molecule has 0 aromatic carbocycles. The quantitative estimate of drug-likeness (QED) is 0.928. The van der Waals surface area contributed by atoms with Gasteiger partial charge in [0, 0.05) is 0 Å². The average Bonchev–Trinajstić information content (AvgIpc) is 2.33. The minimum Gasteiger partial charge on any atom is -0.266 e. The van der Waals surface area contributed by atoms with Crippen LogP contribution in [0.3, 0.4) is 0 Å². The summed E-state index contributed by atoms with van der Waals surface area (Å²) in [5, 5.41) is -0.290. The third-order valence-electron chi connectivity index (χ3n) is 2.86. The largest absolute Gasteiger partial charge is 0.266 e. The zero-order valence-corrected chi connectivity index (χ0v) is 11.7. The van der Waals surface area contributed by atoms with Crippen molar-refractivity contribution in [3.05, 3.63) is 17.0 Å². The van der Waals surface area contributed by atoms with E-state index < -0.39 is 10.0 Å². The molecule has 0 atom stereocenters. The van der Waals surface area contributed by atoms with Crippen LogP contribution in [0.5, 0.6) is 0 Å². The molecule has 0 amide bonds. The topological polar surface area (TPSA) is 72.0 Å². The number of nitrogens with one attached hydrogen (secondary N) is 1. The van der Waals surface area contributed by atoms with E-state index in [1.807, 2.05) is 0 Å². The number of halogens is 1. The molecule has 1 aromatic rings. The average molecular weight is 320 g/mol. The smallest absolute Gasteiger partial charge is 0.236 e. The summed E-state index contributed by atoms with van der Waals surface area (Å²) >= 11 is 3.15. The van der Waals surface area contributed by atoms with Crippen LogP contribution in [-0.2, 0) is 10.0 Å². The summed E-state index contributed by atoms with van der Waals surface area (Å²) in [4.78, 5) is 7.89. The minimum atomic E-state index is -3.32. The first kappa shape index (κ1) is 12.8. The second-order valence-corrected chi connectivity index (χ2v) is 6.90. The Morgan fingerprint density at radius 1 is 1.18 bits per heavy atom. The molecule has 1 heterocycles. The SMILES string of the molecule is O=S(=O)(Nc1cnc(Br)cn1)C1CCCCC1. The van der Waals surface area contributed by atoms with E-state index in [1.165, 1.54) is 12.4 Å². The van der Waals surface area contributed by atoms with Crippen molar-refractivity contribution < 1.29 is 8.42 Å². The summed E-state index contributed by atoms with van der Waals surface area (Å²) in [6.45, 7) is 0. The van der Waals surface area contributed by atoms with Crippen LogP contribution < -0.4 is 4.72 Å². The lowest BCUT2D eigenvalue weighted by Crippen LogP contribution is -2.30. The van der Waals surface area contributed by atoms with E-state index >= 15 is 0 Å². The number of hydrogen-bond acceptors (Lipinski definition) is 4. The third kappa shape index (κ3) is 3.38. The molecule has 1 saturated carbocycles. The maximum absolute atomic E-state index is 12.0. The number of nitrogens with zero attached hydrogens (tertiary/aromatic N) is 2. The number of aromatic nitrogens is 2. The van der Waals surface area contributed by atoms with Crippen molar-refractivity contribution in [2.24, 2.45) is 0 Å². The van der Waals surface area contributed by atoms with Crippen LogP contribution >= 0.6 is 15.9 Å². The molecule has 0 radical (unpaired) electrons. The van der Waals surface area contributed by atoms with Gasteiger partial charge in [-0.15, -0.1) is 0 Å². The Hall–Kier alpha value is -0.690. The van der Waals surface area contributed by atoms with Gasteiger partial charge in [0.25, 0.3) is 0 Å². The highest BCUT2D eigenvalue weighted by Gasteiger charge is 2.27. The Morgan fingerprint density at radius 3 is 2.47 bits per heavy atom. The molecule has 0 unspecified atom stereocenters. The Bertz CT molecular complexity index is 469. The van der Waals surface area contributed by atoms with Gasteiger partial charge >= 0.3 is 0 Å². The number of rotatable bonds is 3. The second-order valence-electron chi connectivity index (χ2n) is 4.13. The molecule has 17 heavy (non-hydrogen) atoms. The molecule has 1 N–H and O–H groups in total. The highest BCUT2D eigenvalue weighted by Crippen LogP contribution is 2.24. The maximum Gasteiger partial charge on any atom is 0.236 e. The standard InChI is InChI=1S/C10H14BrN3O2S/c11-9-6-13-10(7-12-9)14-17(15,16)8-4-2-1-3-5-8/h6-8H,1-5H2,(H,13,14). The molecular weight excluding hydrogens is 306 g/mol. The highest BCUT2D eigenvalue weighted by atomic mass is 79.9.